The van der Waals surface area contributed by atoms with Gasteiger partial charge in [-0.3, -0.25) is 9.59 Å². The topological polar surface area (TPSA) is 81.4 Å². The molecule has 1 rings (SSSR count). The number of carbonyl (C=O) groups is 2. The van der Waals surface area contributed by atoms with E-state index in [4.69, 9.17) is 10.5 Å². The molecule has 110 valence electrons. The first-order valence-corrected chi connectivity index (χ1v) is 6.51. The molecule has 0 spiro atoms. The fourth-order valence-corrected chi connectivity index (χ4v) is 1.64. The second-order valence-electron chi connectivity index (χ2n) is 4.36. The molecule has 0 fully saturated rings. The number of unbranched alkanes of at least 4 members (excludes halogenated alkanes) is 2. The Morgan fingerprint density at radius 2 is 2.10 bits per heavy atom. The number of halogens is 1. The number of hydrogen-bond acceptors (Lipinski definition) is 3. The minimum atomic E-state index is -0.732. The van der Waals surface area contributed by atoms with Crippen molar-refractivity contribution in [3.8, 4) is 0 Å². The molecule has 3 N–H and O–H groups in total. The molecule has 0 saturated heterocycles. The number of carbonyl (C=O) groups excluding carboxylic acids is 2. The molecule has 0 unspecified atom stereocenters. The van der Waals surface area contributed by atoms with Crippen LogP contribution < -0.4 is 11.1 Å². The summed E-state index contributed by atoms with van der Waals surface area (Å²) < 4.78 is 18.3. The van der Waals surface area contributed by atoms with E-state index in [1.54, 1.807) is 0 Å². The van der Waals surface area contributed by atoms with Crippen LogP contribution in [0.15, 0.2) is 18.2 Å². The number of anilines is 1. The van der Waals surface area contributed by atoms with Gasteiger partial charge in [0.2, 0.25) is 5.91 Å². The van der Waals surface area contributed by atoms with Crippen molar-refractivity contribution >= 4 is 17.5 Å². The molecule has 0 saturated carbocycles. The Morgan fingerprint density at radius 1 is 1.35 bits per heavy atom. The second kappa shape index (κ2) is 8.27. The van der Waals surface area contributed by atoms with Crippen molar-refractivity contribution in [1.29, 1.82) is 0 Å². The lowest BCUT2D eigenvalue weighted by Crippen LogP contribution is -2.22. The van der Waals surface area contributed by atoms with Crippen molar-refractivity contribution in [2.75, 3.05) is 18.5 Å². The minimum Gasteiger partial charge on any atom is -0.372 e. The van der Waals surface area contributed by atoms with Crippen molar-refractivity contribution in [2.24, 2.45) is 5.73 Å². The third-order valence-corrected chi connectivity index (χ3v) is 2.65. The van der Waals surface area contributed by atoms with Gasteiger partial charge in [0.25, 0.3) is 5.91 Å². The molecule has 0 aliphatic heterocycles. The van der Waals surface area contributed by atoms with Crippen molar-refractivity contribution in [3.05, 3.63) is 29.6 Å². The summed E-state index contributed by atoms with van der Waals surface area (Å²) in [7, 11) is 0. The standard InChI is InChI=1S/C14H19FN2O3/c1-2-3-4-7-20-9-13(18)17-12-8-10(15)5-6-11(12)14(16)19/h5-6,8H,2-4,7,9H2,1H3,(H2,16,19)(H,17,18). The maximum Gasteiger partial charge on any atom is 0.250 e. The van der Waals surface area contributed by atoms with Crippen LogP contribution in [0.4, 0.5) is 10.1 Å². The van der Waals surface area contributed by atoms with Gasteiger partial charge >= 0.3 is 0 Å². The fourth-order valence-electron chi connectivity index (χ4n) is 1.64. The molecule has 0 atom stereocenters. The summed E-state index contributed by atoms with van der Waals surface area (Å²) in [5.41, 5.74) is 5.27. The van der Waals surface area contributed by atoms with Gasteiger partial charge in [-0.15, -0.1) is 0 Å². The average Bonchev–Trinajstić information content (AvgIpc) is 2.38. The van der Waals surface area contributed by atoms with Gasteiger partial charge in [-0.25, -0.2) is 4.39 Å². The van der Waals surface area contributed by atoms with Crippen LogP contribution in [0.1, 0.15) is 36.5 Å². The van der Waals surface area contributed by atoms with Gasteiger partial charge in [0.1, 0.15) is 12.4 Å². The van der Waals surface area contributed by atoms with Crippen LogP contribution in [0.25, 0.3) is 0 Å². The first kappa shape index (κ1) is 16.1. The Kier molecular flexibility index (Phi) is 6.66. The number of ether oxygens (including phenoxy) is 1. The predicted octanol–water partition coefficient (Wildman–Crippen LogP) is 2.07. The largest absolute Gasteiger partial charge is 0.372 e. The number of hydrogen-bond donors (Lipinski definition) is 2. The molecular weight excluding hydrogens is 263 g/mol. The Hall–Kier alpha value is -1.95. The van der Waals surface area contributed by atoms with Crippen LogP contribution in [-0.2, 0) is 9.53 Å². The number of amides is 2. The molecule has 0 radical (unpaired) electrons. The van der Waals surface area contributed by atoms with E-state index in [9.17, 15) is 14.0 Å². The van der Waals surface area contributed by atoms with Crippen LogP contribution >= 0.6 is 0 Å². The number of nitrogens with one attached hydrogen (secondary N) is 1. The smallest absolute Gasteiger partial charge is 0.250 e. The van der Waals surface area contributed by atoms with E-state index < -0.39 is 17.6 Å². The Bertz CT molecular complexity index is 477. The maximum absolute atomic E-state index is 13.1. The Morgan fingerprint density at radius 3 is 2.75 bits per heavy atom. The number of primary amides is 1. The normalized spacial score (nSPS) is 10.3. The first-order chi connectivity index (χ1) is 9.54. The third kappa shape index (κ3) is 5.36. The third-order valence-electron chi connectivity index (χ3n) is 2.65. The van der Waals surface area contributed by atoms with Crippen LogP contribution in [0.2, 0.25) is 0 Å². The summed E-state index contributed by atoms with van der Waals surface area (Å²) in [6.07, 6.45) is 2.99. The van der Waals surface area contributed by atoms with Crippen LogP contribution in [-0.4, -0.2) is 25.0 Å². The highest BCUT2D eigenvalue weighted by Crippen LogP contribution is 2.16. The monoisotopic (exact) mass is 282 g/mol. The summed E-state index contributed by atoms with van der Waals surface area (Å²) in [5.74, 6) is -1.74. The average molecular weight is 282 g/mol. The van der Waals surface area contributed by atoms with E-state index in [0.717, 1.165) is 31.4 Å². The van der Waals surface area contributed by atoms with Crippen molar-refractivity contribution < 1.29 is 18.7 Å². The maximum atomic E-state index is 13.1. The van der Waals surface area contributed by atoms with Crippen molar-refractivity contribution in [2.45, 2.75) is 26.2 Å². The molecule has 0 bridgehead atoms. The summed E-state index contributed by atoms with van der Waals surface area (Å²) in [6, 6.07) is 3.39. The fraction of sp³-hybridized carbons (Fsp3) is 0.429. The quantitative estimate of drug-likeness (QED) is 0.716. The zero-order valence-corrected chi connectivity index (χ0v) is 11.4. The lowest BCUT2D eigenvalue weighted by atomic mass is 10.1. The summed E-state index contributed by atoms with van der Waals surface area (Å²) in [4.78, 5) is 22.8. The molecule has 2 amide bonds. The van der Waals surface area contributed by atoms with Crippen LogP contribution in [0.3, 0.4) is 0 Å². The molecule has 0 aliphatic rings. The molecule has 1 aromatic carbocycles. The lowest BCUT2D eigenvalue weighted by Gasteiger charge is -2.09. The minimum absolute atomic E-state index is 0.0552. The van der Waals surface area contributed by atoms with Gasteiger partial charge in [-0.2, -0.15) is 0 Å². The van der Waals surface area contributed by atoms with Crippen LogP contribution in [0, 0.1) is 5.82 Å². The van der Waals surface area contributed by atoms with Gasteiger partial charge in [0.15, 0.2) is 0 Å². The van der Waals surface area contributed by atoms with E-state index in [0.29, 0.717) is 6.61 Å². The zero-order chi connectivity index (χ0) is 15.0. The van der Waals surface area contributed by atoms with Gasteiger partial charge in [0.05, 0.1) is 11.3 Å². The lowest BCUT2D eigenvalue weighted by molar-refractivity contribution is -0.120. The van der Waals surface area contributed by atoms with Crippen molar-refractivity contribution in [3.63, 3.8) is 0 Å². The highest BCUT2D eigenvalue weighted by Gasteiger charge is 2.12. The summed E-state index contributed by atoms with van der Waals surface area (Å²) >= 11 is 0. The van der Waals surface area contributed by atoms with E-state index in [-0.39, 0.29) is 17.9 Å². The van der Waals surface area contributed by atoms with E-state index >= 15 is 0 Å². The Labute approximate surface area is 117 Å². The van der Waals surface area contributed by atoms with E-state index in [1.165, 1.54) is 6.07 Å². The highest BCUT2D eigenvalue weighted by atomic mass is 19.1. The van der Waals surface area contributed by atoms with Gasteiger partial charge in [0, 0.05) is 6.61 Å². The van der Waals surface area contributed by atoms with E-state index in [1.807, 2.05) is 0 Å². The van der Waals surface area contributed by atoms with Gasteiger partial charge < -0.3 is 15.8 Å². The van der Waals surface area contributed by atoms with Crippen molar-refractivity contribution in [1.82, 2.24) is 0 Å². The number of rotatable bonds is 8. The van der Waals surface area contributed by atoms with Gasteiger partial charge in [-0.1, -0.05) is 19.8 Å². The predicted molar refractivity (Wildman–Crippen MR) is 73.9 cm³/mol. The number of benzene rings is 1. The molecule has 6 heteroatoms. The molecule has 0 aliphatic carbocycles. The van der Waals surface area contributed by atoms with Crippen LogP contribution in [0.5, 0.6) is 0 Å². The molecule has 0 aromatic heterocycles. The summed E-state index contributed by atoms with van der Waals surface area (Å²) in [5, 5.41) is 2.42. The zero-order valence-electron chi connectivity index (χ0n) is 11.4. The first-order valence-electron chi connectivity index (χ1n) is 6.51. The Balaban J connectivity index is 2.53. The molecular formula is C14H19FN2O3. The van der Waals surface area contributed by atoms with E-state index in [2.05, 4.69) is 12.2 Å². The highest BCUT2D eigenvalue weighted by molar-refractivity contribution is 6.03. The molecule has 5 nitrogen and oxygen atoms in total. The molecule has 20 heavy (non-hydrogen) atoms. The summed E-state index contributed by atoms with van der Waals surface area (Å²) in [6.45, 7) is 2.42. The molecule has 1 aromatic rings. The second-order valence-corrected chi connectivity index (χ2v) is 4.36. The number of nitrogens with two attached hydrogens (primary N) is 1. The SMILES string of the molecule is CCCCCOCC(=O)Nc1cc(F)ccc1C(N)=O. The van der Waals surface area contributed by atoms with Gasteiger partial charge in [-0.05, 0) is 24.6 Å². The molecule has 0 heterocycles.